The quantitative estimate of drug-likeness (QED) is 0.289. The highest BCUT2D eigenvalue weighted by Crippen LogP contribution is 2.40. The van der Waals surface area contributed by atoms with Crippen molar-refractivity contribution in [1.82, 2.24) is 5.43 Å². The molecule has 0 heterocycles. The highest BCUT2D eigenvalue weighted by atomic mass is 15.5. The Kier molecular flexibility index (Phi) is 9.56. The smallest absolute Gasteiger partial charge is 0.0586 e. The van der Waals surface area contributed by atoms with E-state index in [1.54, 1.807) is 0 Å². The van der Waals surface area contributed by atoms with Gasteiger partial charge in [0.2, 0.25) is 0 Å². The molecule has 0 aliphatic heterocycles. The Morgan fingerprint density at radius 1 is 0.861 bits per heavy atom. The number of unbranched alkanes of at least 4 members (excludes halogenated alkanes) is 1. The van der Waals surface area contributed by atoms with Crippen molar-refractivity contribution in [3.63, 3.8) is 0 Å². The second-order valence-corrected chi connectivity index (χ2v) is 11.1. The van der Waals surface area contributed by atoms with E-state index in [4.69, 9.17) is 0 Å². The maximum absolute atomic E-state index is 3.42. The number of nitrogens with one attached hydrogen (secondary N) is 1. The Morgan fingerprint density at radius 2 is 1.58 bits per heavy atom. The highest BCUT2D eigenvalue weighted by molar-refractivity contribution is 5.87. The Labute approximate surface area is 220 Å². The largest absolute Gasteiger partial charge is 0.277 e. The first-order valence-electron chi connectivity index (χ1n) is 13.7. The number of hydrogen-bond donors (Lipinski definition) is 1. The summed E-state index contributed by atoms with van der Waals surface area (Å²) < 4.78 is 0. The molecule has 0 amide bonds. The van der Waals surface area contributed by atoms with E-state index >= 15 is 0 Å². The number of aryl methyl sites for hydroxylation is 3. The molecule has 0 saturated heterocycles. The zero-order valence-corrected chi connectivity index (χ0v) is 23.8. The van der Waals surface area contributed by atoms with Crippen LogP contribution in [0, 0.1) is 19.3 Å². The van der Waals surface area contributed by atoms with Crippen LogP contribution in [0.2, 0.25) is 0 Å². The van der Waals surface area contributed by atoms with Gasteiger partial charge in [-0.05, 0) is 102 Å². The van der Waals surface area contributed by atoms with Crippen LogP contribution in [-0.4, -0.2) is 7.05 Å². The van der Waals surface area contributed by atoms with Crippen molar-refractivity contribution >= 4 is 16.9 Å². The van der Waals surface area contributed by atoms with Crippen LogP contribution in [0.15, 0.2) is 66.7 Å². The Morgan fingerprint density at radius 3 is 2.19 bits per heavy atom. The first kappa shape index (κ1) is 27.7. The van der Waals surface area contributed by atoms with Crippen LogP contribution in [-0.2, 0) is 6.42 Å². The van der Waals surface area contributed by atoms with Gasteiger partial charge >= 0.3 is 0 Å². The van der Waals surface area contributed by atoms with Crippen LogP contribution in [0.5, 0.6) is 0 Å². The molecule has 192 valence electrons. The molecule has 0 bridgehead atoms. The van der Waals surface area contributed by atoms with E-state index in [0.717, 1.165) is 30.6 Å². The predicted molar refractivity (Wildman–Crippen MR) is 160 cm³/mol. The normalized spacial score (nSPS) is 12.2. The number of nitrogens with zero attached hydrogens (tertiary/aromatic N) is 1. The van der Waals surface area contributed by atoms with E-state index in [1.807, 2.05) is 7.05 Å². The van der Waals surface area contributed by atoms with Gasteiger partial charge in [-0.2, -0.15) is 0 Å². The van der Waals surface area contributed by atoms with Crippen molar-refractivity contribution in [3.8, 4) is 11.1 Å². The second kappa shape index (κ2) is 12.4. The van der Waals surface area contributed by atoms with Crippen LogP contribution in [0.3, 0.4) is 0 Å². The van der Waals surface area contributed by atoms with Gasteiger partial charge < -0.3 is 0 Å². The summed E-state index contributed by atoms with van der Waals surface area (Å²) in [5.41, 5.74) is 15.5. The summed E-state index contributed by atoms with van der Waals surface area (Å²) in [6, 6.07) is 22.4. The summed E-state index contributed by atoms with van der Waals surface area (Å²) in [6.45, 7) is 16.0. The van der Waals surface area contributed by atoms with E-state index in [1.165, 1.54) is 51.8 Å². The predicted octanol–water partition coefficient (Wildman–Crippen LogP) is 9.82. The summed E-state index contributed by atoms with van der Waals surface area (Å²) in [7, 11) is 1.99. The lowest BCUT2D eigenvalue weighted by Gasteiger charge is -2.27. The van der Waals surface area contributed by atoms with Gasteiger partial charge in [-0.15, -0.1) is 0 Å². The molecular weight excluding hydrogens is 436 g/mol. The number of hydrazine groups is 1. The van der Waals surface area contributed by atoms with E-state index in [2.05, 4.69) is 126 Å². The summed E-state index contributed by atoms with van der Waals surface area (Å²) in [5, 5.41) is 2.18. The fourth-order valence-corrected chi connectivity index (χ4v) is 5.06. The third-order valence-electron chi connectivity index (χ3n) is 6.73. The standard InChI is InChI=1S/C34H46N2/c1-9-11-16-27-22-28(20-19-25(27)3)33-26(4)21-31(36(35-8)30-17-13-12-14-18-30)23-32(33)29(15-10-2)24-34(5,6)7/h12-14,17-24,35H,9-11,15-16H2,1-8H3/b29-24+. The fourth-order valence-electron chi connectivity index (χ4n) is 5.06. The third-order valence-corrected chi connectivity index (χ3v) is 6.73. The molecule has 0 aliphatic carbocycles. The van der Waals surface area contributed by atoms with Gasteiger partial charge in [0.05, 0.1) is 11.4 Å². The van der Waals surface area contributed by atoms with Crippen molar-refractivity contribution in [2.75, 3.05) is 12.1 Å². The number of rotatable bonds is 10. The maximum Gasteiger partial charge on any atom is 0.0586 e. The summed E-state index contributed by atoms with van der Waals surface area (Å²) in [6.07, 6.45) is 8.26. The molecule has 0 fully saturated rings. The van der Waals surface area contributed by atoms with Gasteiger partial charge in [-0.25, -0.2) is 5.43 Å². The lowest BCUT2D eigenvalue weighted by atomic mass is 9.83. The minimum Gasteiger partial charge on any atom is -0.277 e. The lowest BCUT2D eigenvalue weighted by molar-refractivity contribution is 0.544. The molecule has 3 aromatic rings. The van der Waals surface area contributed by atoms with Gasteiger partial charge in [0.1, 0.15) is 0 Å². The summed E-state index contributed by atoms with van der Waals surface area (Å²) >= 11 is 0. The topological polar surface area (TPSA) is 15.3 Å². The number of allylic oxidation sites excluding steroid dienone is 2. The van der Waals surface area contributed by atoms with E-state index < -0.39 is 0 Å². The third kappa shape index (κ3) is 6.89. The van der Waals surface area contributed by atoms with Gasteiger partial charge in [0, 0.05) is 7.05 Å². The van der Waals surface area contributed by atoms with Crippen LogP contribution >= 0.6 is 0 Å². The van der Waals surface area contributed by atoms with Crippen molar-refractivity contribution in [2.24, 2.45) is 5.41 Å². The monoisotopic (exact) mass is 482 g/mol. The second-order valence-electron chi connectivity index (χ2n) is 11.1. The van der Waals surface area contributed by atoms with E-state index in [-0.39, 0.29) is 5.41 Å². The molecule has 2 heteroatoms. The van der Waals surface area contributed by atoms with Crippen LogP contribution < -0.4 is 10.4 Å². The zero-order valence-electron chi connectivity index (χ0n) is 23.8. The highest BCUT2D eigenvalue weighted by Gasteiger charge is 2.19. The zero-order chi connectivity index (χ0) is 26.3. The van der Waals surface area contributed by atoms with Crippen molar-refractivity contribution in [2.45, 2.75) is 80.6 Å². The summed E-state index contributed by atoms with van der Waals surface area (Å²) in [5.74, 6) is 0. The first-order chi connectivity index (χ1) is 17.2. The number of para-hydroxylation sites is 1. The lowest BCUT2D eigenvalue weighted by Crippen LogP contribution is -2.30. The van der Waals surface area contributed by atoms with Crippen LogP contribution in [0.1, 0.15) is 82.6 Å². The molecule has 0 spiro atoms. The first-order valence-corrected chi connectivity index (χ1v) is 13.7. The molecule has 0 aliphatic rings. The molecule has 36 heavy (non-hydrogen) atoms. The Hall–Kier alpha value is -2.84. The van der Waals surface area contributed by atoms with Gasteiger partial charge in [-0.3, -0.25) is 5.01 Å². The molecule has 0 aromatic heterocycles. The fraction of sp³-hybridized carbons (Fsp3) is 0.412. The van der Waals surface area contributed by atoms with Crippen molar-refractivity contribution < 1.29 is 0 Å². The van der Waals surface area contributed by atoms with Crippen LogP contribution in [0.25, 0.3) is 16.7 Å². The van der Waals surface area contributed by atoms with Crippen LogP contribution in [0.4, 0.5) is 11.4 Å². The minimum absolute atomic E-state index is 0.105. The van der Waals surface area contributed by atoms with Gasteiger partial charge in [0.15, 0.2) is 0 Å². The molecule has 0 atom stereocenters. The SMILES string of the molecule is CCCCc1cc(-c2c(C)cc(N(NC)c3ccccc3)cc2/C(=C/C(C)(C)C)CCC)ccc1C. The summed E-state index contributed by atoms with van der Waals surface area (Å²) in [4.78, 5) is 0. The van der Waals surface area contributed by atoms with E-state index in [9.17, 15) is 0 Å². The van der Waals surface area contributed by atoms with E-state index in [0.29, 0.717) is 0 Å². The molecule has 3 aromatic carbocycles. The molecule has 0 radical (unpaired) electrons. The number of benzene rings is 3. The number of hydrogen-bond acceptors (Lipinski definition) is 2. The minimum atomic E-state index is 0.105. The Bertz CT molecular complexity index is 1170. The number of anilines is 2. The molecule has 0 saturated carbocycles. The molecule has 3 rings (SSSR count). The maximum atomic E-state index is 3.42. The Balaban J connectivity index is 2.29. The van der Waals surface area contributed by atoms with Gasteiger partial charge in [-0.1, -0.05) is 89.9 Å². The van der Waals surface area contributed by atoms with Crippen molar-refractivity contribution in [3.05, 3.63) is 89.0 Å². The van der Waals surface area contributed by atoms with Crippen molar-refractivity contribution in [1.29, 1.82) is 0 Å². The molecule has 2 nitrogen and oxygen atoms in total. The molecule has 1 N–H and O–H groups in total. The van der Waals surface area contributed by atoms with Gasteiger partial charge in [0.25, 0.3) is 0 Å². The average molecular weight is 483 g/mol. The molecular formula is C34H46N2. The average Bonchev–Trinajstić information content (AvgIpc) is 2.83. The molecule has 0 unspecified atom stereocenters.